The van der Waals surface area contributed by atoms with Gasteiger partial charge in [0.05, 0.1) is 6.04 Å². The maximum Gasteiger partial charge on any atom is 0.253 e. The van der Waals surface area contributed by atoms with E-state index in [-0.39, 0.29) is 0 Å². The molecule has 1 unspecified atom stereocenters. The first kappa shape index (κ1) is 9.98. The largest absolute Gasteiger partial charge is 0.384 e. The van der Waals surface area contributed by atoms with E-state index >= 15 is 0 Å². The fraction of sp³-hybridized carbons (Fsp3) is 0.750. The Morgan fingerprint density at radius 1 is 1.85 bits per heavy atom. The van der Waals surface area contributed by atoms with Crippen LogP contribution >= 0.6 is 0 Å². The molecule has 1 heterocycles. The lowest BCUT2D eigenvalue weighted by Gasteiger charge is -2.11. The van der Waals surface area contributed by atoms with E-state index in [0.717, 1.165) is 6.42 Å². The summed E-state index contributed by atoms with van der Waals surface area (Å²) in [5.41, 5.74) is 0. The van der Waals surface area contributed by atoms with Gasteiger partial charge in [-0.25, -0.2) is 0 Å². The normalized spacial score (nSPS) is 24.2. The van der Waals surface area contributed by atoms with Crippen LogP contribution in [0.2, 0.25) is 0 Å². The molecular weight excluding hydrogens is 170 g/mol. The first-order valence-electron chi connectivity index (χ1n) is 4.30. The first-order chi connectivity index (χ1) is 6.00. The zero-order valence-electron chi connectivity index (χ0n) is 8.11. The highest BCUT2D eigenvalue weighted by Crippen LogP contribution is 2.10. The van der Waals surface area contributed by atoms with Crippen molar-refractivity contribution in [3.05, 3.63) is 0 Å². The number of nitrogens with zero attached hydrogens (tertiary/aromatic N) is 2. The van der Waals surface area contributed by atoms with Crippen molar-refractivity contribution in [3.63, 3.8) is 0 Å². The van der Waals surface area contributed by atoms with Crippen molar-refractivity contribution < 1.29 is 9.90 Å². The van der Waals surface area contributed by atoms with Crippen LogP contribution in [0, 0.1) is 0 Å². The highest BCUT2D eigenvalue weighted by atomic mass is 16.3. The van der Waals surface area contributed by atoms with E-state index < -0.39 is 12.0 Å². The Kier molecular flexibility index (Phi) is 2.87. The third kappa shape index (κ3) is 2.42. The number of amidine groups is 1. The van der Waals surface area contributed by atoms with Crippen molar-refractivity contribution >= 4 is 11.7 Å². The molecule has 0 bridgehead atoms. The summed E-state index contributed by atoms with van der Waals surface area (Å²) in [6.45, 7) is 3.45. The molecule has 13 heavy (non-hydrogen) atoms. The predicted molar refractivity (Wildman–Crippen MR) is 49.1 cm³/mol. The minimum atomic E-state index is -0.982. The predicted octanol–water partition coefficient (Wildman–Crippen LogP) is -0.479. The molecule has 0 spiro atoms. The SMILES string of the molecule is CC1CC(NC(=O)[C@H](C)O)=NN1C. The van der Waals surface area contributed by atoms with Gasteiger partial charge in [0, 0.05) is 13.5 Å². The van der Waals surface area contributed by atoms with E-state index in [2.05, 4.69) is 10.4 Å². The average molecular weight is 185 g/mol. The lowest BCUT2D eigenvalue weighted by molar-refractivity contribution is -0.126. The van der Waals surface area contributed by atoms with Gasteiger partial charge in [0.15, 0.2) is 0 Å². The van der Waals surface area contributed by atoms with E-state index in [1.807, 2.05) is 14.0 Å². The Balaban J connectivity index is 2.48. The van der Waals surface area contributed by atoms with Gasteiger partial charge in [-0.15, -0.1) is 0 Å². The fourth-order valence-electron chi connectivity index (χ4n) is 1.06. The summed E-state index contributed by atoms with van der Waals surface area (Å²) in [5, 5.41) is 17.4. The van der Waals surface area contributed by atoms with Crippen molar-refractivity contribution in [2.24, 2.45) is 5.10 Å². The third-order valence-electron chi connectivity index (χ3n) is 2.05. The van der Waals surface area contributed by atoms with Crippen LogP contribution in [0.15, 0.2) is 5.10 Å². The van der Waals surface area contributed by atoms with Crippen molar-refractivity contribution in [3.8, 4) is 0 Å². The second-order valence-electron chi connectivity index (χ2n) is 3.34. The van der Waals surface area contributed by atoms with E-state index in [9.17, 15) is 4.79 Å². The zero-order valence-corrected chi connectivity index (χ0v) is 8.11. The average Bonchev–Trinajstić information content (AvgIpc) is 2.31. The van der Waals surface area contributed by atoms with Gasteiger partial charge in [0.25, 0.3) is 5.91 Å². The van der Waals surface area contributed by atoms with Crippen LogP contribution in [-0.4, -0.2) is 41.1 Å². The number of amides is 1. The van der Waals surface area contributed by atoms with Crippen molar-refractivity contribution in [2.45, 2.75) is 32.4 Å². The van der Waals surface area contributed by atoms with Crippen LogP contribution < -0.4 is 5.32 Å². The number of rotatable bonds is 1. The number of hydrogen-bond donors (Lipinski definition) is 2. The smallest absolute Gasteiger partial charge is 0.253 e. The van der Waals surface area contributed by atoms with Crippen LogP contribution in [0.1, 0.15) is 20.3 Å². The van der Waals surface area contributed by atoms with E-state index in [0.29, 0.717) is 11.9 Å². The Morgan fingerprint density at radius 3 is 2.85 bits per heavy atom. The van der Waals surface area contributed by atoms with Crippen LogP contribution in [-0.2, 0) is 4.79 Å². The number of hydrazone groups is 1. The van der Waals surface area contributed by atoms with Gasteiger partial charge in [0.2, 0.25) is 0 Å². The van der Waals surface area contributed by atoms with Gasteiger partial charge >= 0.3 is 0 Å². The van der Waals surface area contributed by atoms with Crippen LogP contribution in [0.3, 0.4) is 0 Å². The van der Waals surface area contributed by atoms with Crippen LogP contribution in [0.4, 0.5) is 0 Å². The van der Waals surface area contributed by atoms with Gasteiger partial charge < -0.3 is 10.4 Å². The first-order valence-corrected chi connectivity index (χ1v) is 4.30. The summed E-state index contributed by atoms with van der Waals surface area (Å²) < 4.78 is 0. The molecule has 5 heteroatoms. The van der Waals surface area contributed by atoms with Crippen molar-refractivity contribution in [1.82, 2.24) is 10.3 Å². The van der Waals surface area contributed by atoms with Crippen LogP contribution in [0.5, 0.6) is 0 Å². The minimum Gasteiger partial charge on any atom is -0.384 e. The highest BCUT2D eigenvalue weighted by molar-refractivity contribution is 6.00. The molecule has 1 rings (SSSR count). The number of carbonyl (C=O) groups excluding carboxylic acids is 1. The second-order valence-corrected chi connectivity index (χ2v) is 3.34. The Labute approximate surface area is 77.4 Å². The third-order valence-corrected chi connectivity index (χ3v) is 2.05. The van der Waals surface area contributed by atoms with E-state index in [4.69, 9.17) is 5.11 Å². The Hall–Kier alpha value is -1.10. The Bertz CT molecular complexity index is 238. The molecule has 1 amide bonds. The molecule has 1 aliphatic rings. The summed E-state index contributed by atoms with van der Waals surface area (Å²) in [5.74, 6) is 0.224. The summed E-state index contributed by atoms with van der Waals surface area (Å²) in [7, 11) is 1.85. The van der Waals surface area contributed by atoms with Crippen molar-refractivity contribution in [2.75, 3.05) is 7.05 Å². The molecule has 0 radical (unpaired) electrons. The topological polar surface area (TPSA) is 64.9 Å². The molecule has 2 N–H and O–H groups in total. The van der Waals surface area contributed by atoms with E-state index in [1.165, 1.54) is 6.92 Å². The summed E-state index contributed by atoms with van der Waals surface area (Å²) in [6.07, 6.45) is -0.265. The molecule has 0 aromatic heterocycles. The maximum absolute atomic E-state index is 11.1. The molecule has 0 saturated carbocycles. The molecular formula is C8H15N3O2. The number of hydrogen-bond acceptors (Lipinski definition) is 4. The molecule has 0 aliphatic carbocycles. The standard InChI is InChI=1S/C8H15N3O2/c1-5-4-7(10-11(5)3)9-8(13)6(2)12/h5-6,12H,4H2,1-3H3,(H,9,10,13)/t5?,6-/m0/s1. The summed E-state index contributed by atoms with van der Waals surface area (Å²) in [6, 6.07) is 0.310. The van der Waals surface area contributed by atoms with Crippen molar-refractivity contribution in [1.29, 1.82) is 0 Å². The summed E-state index contributed by atoms with van der Waals surface area (Å²) in [4.78, 5) is 11.1. The molecule has 2 atom stereocenters. The lowest BCUT2D eigenvalue weighted by atomic mass is 10.2. The molecule has 1 aliphatic heterocycles. The monoisotopic (exact) mass is 185 g/mol. The molecule has 0 aromatic carbocycles. The van der Waals surface area contributed by atoms with Gasteiger partial charge in [-0.2, -0.15) is 5.10 Å². The van der Waals surface area contributed by atoms with Gasteiger partial charge in [-0.05, 0) is 13.8 Å². The number of nitrogens with one attached hydrogen (secondary N) is 1. The molecule has 0 aromatic rings. The molecule has 5 nitrogen and oxygen atoms in total. The fourth-order valence-corrected chi connectivity index (χ4v) is 1.06. The number of aliphatic hydroxyl groups is 1. The number of aliphatic hydroxyl groups excluding tert-OH is 1. The quantitative estimate of drug-likeness (QED) is 0.580. The minimum absolute atomic E-state index is 0.310. The number of carbonyl (C=O) groups is 1. The van der Waals surface area contributed by atoms with E-state index in [1.54, 1.807) is 5.01 Å². The molecule has 74 valence electrons. The van der Waals surface area contributed by atoms with Gasteiger partial charge in [-0.3, -0.25) is 9.80 Å². The lowest BCUT2D eigenvalue weighted by Crippen LogP contribution is -2.36. The highest BCUT2D eigenvalue weighted by Gasteiger charge is 2.21. The summed E-state index contributed by atoms with van der Waals surface area (Å²) >= 11 is 0. The van der Waals surface area contributed by atoms with Crippen LogP contribution in [0.25, 0.3) is 0 Å². The molecule has 0 saturated heterocycles. The van der Waals surface area contributed by atoms with Gasteiger partial charge in [0.1, 0.15) is 11.9 Å². The zero-order chi connectivity index (χ0) is 10.0. The molecule has 0 fully saturated rings. The maximum atomic E-state index is 11.1. The second kappa shape index (κ2) is 3.74. The van der Waals surface area contributed by atoms with Gasteiger partial charge in [-0.1, -0.05) is 0 Å². The Morgan fingerprint density at radius 2 is 2.46 bits per heavy atom.